The zero-order valence-electron chi connectivity index (χ0n) is 12.4. The second kappa shape index (κ2) is 6.38. The predicted molar refractivity (Wildman–Crippen MR) is 96.9 cm³/mol. The first-order valence-corrected chi connectivity index (χ1v) is 8.96. The predicted octanol–water partition coefficient (Wildman–Crippen LogP) is 4.31. The first kappa shape index (κ1) is 14.8. The van der Waals surface area contributed by atoms with Crippen LogP contribution in [0.1, 0.15) is 10.5 Å². The molecule has 0 aliphatic rings. The van der Waals surface area contributed by atoms with Gasteiger partial charge in [0.2, 0.25) is 0 Å². The second-order valence-corrected chi connectivity index (χ2v) is 6.76. The smallest absolute Gasteiger partial charge is 0.276 e. The Morgan fingerprint density at radius 1 is 1.08 bits per heavy atom. The van der Waals surface area contributed by atoms with Crippen LogP contribution in [0.5, 0.6) is 0 Å². The van der Waals surface area contributed by atoms with Crippen LogP contribution < -0.4 is 5.32 Å². The largest absolute Gasteiger partial charge is 0.296 e. The van der Waals surface area contributed by atoms with Crippen LogP contribution in [0.3, 0.4) is 0 Å². The number of anilines is 1. The summed E-state index contributed by atoms with van der Waals surface area (Å²) in [5, 5.41) is 7.37. The minimum atomic E-state index is -0.233. The molecule has 0 radical (unpaired) electrons. The number of thiazole rings is 1. The van der Waals surface area contributed by atoms with Gasteiger partial charge in [-0.1, -0.05) is 24.3 Å². The van der Waals surface area contributed by atoms with E-state index >= 15 is 0 Å². The van der Waals surface area contributed by atoms with E-state index in [1.807, 2.05) is 53.2 Å². The molecule has 7 heteroatoms. The summed E-state index contributed by atoms with van der Waals surface area (Å²) in [5.74, 6) is -0.233. The van der Waals surface area contributed by atoms with E-state index in [4.69, 9.17) is 0 Å². The molecule has 4 aromatic rings. The zero-order chi connectivity index (χ0) is 16.4. The van der Waals surface area contributed by atoms with Gasteiger partial charge in [-0.2, -0.15) is 0 Å². The van der Waals surface area contributed by atoms with Crippen molar-refractivity contribution >= 4 is 33.7 Å². The van der Waals surface area contributed by atoms with E-state index in [0.717, 1.165) is 16.3 Å². The van der Waals surface area contributed by atoms with Gasteiger partial charge in [0.15, 0.2) is 5.13 Å². The van der Waals surface area contributed by atoms with Gasteiger partial charge in [-0.3, -0.25) is 14.7 Å². The highest BCUT2D eigenvalue weighted by atomic mass is 32.1. The molecule has 3 aromatic heterocycles. The summed E-state index contributed by atoms with van der Waals surface area (Å²) in [6.07, 6.45) is 3.18. The fraction of sp³-hybridized carbons (Fsp3) is 0. The van der Waals surface area contributed by atoms with E-state index in [1.54, 1.807) is 28.4 Å². The number of rotatable bonds is 4. The van der Waals surface area contributed by atoms with Crippen molar-refractivity contribution in [3.05, 3.63) is 71.4 Å². The van der Waals surface area contributed by atoms with E-state index in [1.165, 1.54) is 11.3 Å². The van der Waals surface area contributed by atoms with Crippen molar-refractivity contribution in [2.75, 3.05) is 5.32 Å². The molecule has 1 N–H and O–H groups in total. The molecule has 0 aliphatic carbocycles. The third-order valence-corrected chi connectivity index (χ3v) is 5.05. The molecule has 4 rings (SSSR count). The second-order valence-electron chi connectivity index (χ2n) is 4.95. The molecular weight excluding hydrogens is 340 g/mol. The normalized spacial score (nSPS) is 10.7. The Bertz CT molecular complexity index is 958. The topological polar surface area (TPSA) is 59.8 Å². The summed E-state index contributed by atoms with van der Waals surface area (Å²) in [4.78, 5) is 22.2. The van der Waals surface area contributed by atoms with Gasteiger partial charge in [0.25, 0.3) is 5.91 Å². The molecule has 1 amide bonds. The number of aromatic nitrogens is 3. The van der Waals surface area contributed by atoms with Crippen LogP contribution >= 0.6 is 22.7 Å². The number of nitrogens with one attached hydrogen (secondary N) is 1. The van der Waals surface area contributed by atoms with Crippen molar-refractivity contribution < 1.29 is 4.79 Å². The van der Waals surface area contributed by atoms with Crippen LogP contribution in [-0.2, 0) is 0 Å². The van der Waals surface area contributed by atoms with Gasteiger partial charge in [-0.25, -0.2) is 9.97 Å². The van der Waals surface area contributed by atoms with Crippen LogP contribution in [-0.4, -0.2) is 20.4 Å². The number of hydrogen-bond acceptors (Lipinski definition) is 5. The number of carbonyl (C=O) groups is 1. The van der Waals surface area contributed by atoms with Crippen LogP contribution in [0.15, 0.2) is 65.7 Å². The van der Waals surface area contributed by atoms with E-state index in [0.29, 0.717) is 10.8 Å². The molecule has 3 heterocycles. The molecule has 0 atom stereocenters. The van der Waals surface area contributed by atoms with Gasteiger partial charge in [-0.15, -0.1) is 22.7 Å². The highest BCUT2D eigenvalue weighted by Gasteiger charge is 2.15. The third kappa shape index (κ3) is 2.86. The van der Waals surface area contributed by atoms with Crippen LogP contribution in [0.2, 0.25) is 0 Å². The third-order valence-electron chi connectivity index (χ3n) is 3.40. The Kier molecular flexibility index (Phi) is 3.94. The summed E-state index contributed by atoms with van der Waals surface area (Å²) in [6.45, 7) is 0. The van der Waals surface area contributed by atoms with Gasteiger partial charge < -0.3 is 0 Å². The summed E-state index contributed by atoms with van der Waals surface area (Å²) < 4.78 is 1.75. The minimum absolute atomic E-state index is 0.233. The van der Waals surface area contributed by atoms with Gasteiger partial charge in [-0.05, 0) is 23.6 Å². The number of para-hydroxylation sites is 1. The van der Waals surface area contributed by atoms with Crippen molar-refractivity contribution in [3.8, 4) is 16.3 Å². The average molecular weight is 352 g/mol. The average Bonchev–Trinajstić information content (AvgIpc) is 3.36. The standard InChI is InChI=1S/C17H12N4OS2/c22-16(14-9-18-11-21(14)12-5-2-1-3-6-12)20-17-19-13(10-24-17)15-7-4-8-23-15/h1-11H,(H,19,20,22). The number of hydrogen-bond donors (Lipinski definition) is 1. The molecule has 24 heavy (non-hydrogen) atoms. The summed E-state index contributed by atoms with van der Waals surface area (Å²) in [7, 11) is 0. The molecule has 0 unspecified atom stereocenters. The van der Waals surface area contributed by atoms with Gasteiger partial charge in [0, 0.05) is 11.1 Å². The molecule has 0 aliphatic heterocycles. The SMILES string of the molecule is O=C(Nc1nc(-c2cccs2)cs1)c1cncn1-c1ccccc1. The Morgan fingerprint density at radius 3 is 2.75 bits per heavy atom. The number of amides is 1. The quantitative estimate of drug-likeness (QED) is 0.595. The summed E-state index contributed by atoms with van der Waals surface area (Å²) in [6, 6.07) is 13.6. The molecule has 5 nitrogen and oxygen atoms in total. The Morgan fingerprint density at radius 2 is 1.96 bits per heavy atom. The van der Waals surface area contributed by atoms with Gasteiger partial charge >= 0.3 is 0 Å². The fourth-order valence-corrected chi connectivity index (χ4v) is 3.75. The van der Waals surface area contributed by atoms with Crippen molar-refractivity contribution in [3.63, 3.8) is 0 Å². The van der Waals surface area contributed by atoms with Crippen molar-refractivity contribution in [2.45, 2.75) is 0 Å². The van der Waals surface area contributed by atoms with Crippen LogP contribution in [0, 0.1) is 0 Å². The number of carbonyl (C=O) groups excluding carboxylic acids is 1. The number of imidazole rings is 1. The van der Waals surface area contributed by atoms with E-state index in [2.05, 4.69) is 15.3 Å². The highest BCUT2D eigenvalue weighted by Crippen LogP contribution is 2.28. The van der Waals surface area contributed by atoms with Crippen molar-refractivity contribution in [1.82, 2.24) is 14.5 Å². The Balaban J connectivity index is 1.57. The molecule has 0 spiro atoms. The maximum absolute atomic E-state index is 12.6. The maximum Gasteiger partial charge on any atom is 0.276 e. The van der Waals surface area contributed by atoms with E-state index < -0.39 is 0 Å². The molecule has 0 saturated carbocycles. The lowest BCUT2D eigenvalue weighted by Crippen LogP contribution is -2.15. The molecule has 0 saturated heterocycles. The summed E-state index contributed by atoms with van der Waals surface area (Å²) >= 11 is 3.03. The zero-order valence-corrected chi connectivity index (χ0v) is 14.1. The minimum Gasteiger partial charge on any atom is -0.296 e. The lowest BCUT2D eigenvalue weighted by Gasteiger charge is -2.07. The van der Waals surface area contributed by atoms with Crippen molar-refractivity contribution in [2.24, 2.45) is 0 Å². The van der Waals surface area contributed by atoms with Crippen LogP contribution in [0.4, 0.5) is 5.13 Å². The first-order chi connectivity index (χ1) is 11.8. The number of thiophene rings is 1. The van der Waals surface area contributed by atoms with Crippen LogP contribution in [0.25, 0.3) is 16.3 Å². The van der Waals surface area contributed by atoms with E-state index in [9.17, 15) is 4.79 Å². The van der Waals surface area contributed by atoms with Gasteiger partial charge in [0.1, 0.15) is 5.69 Å². The molecular formula is C17H12N4OS2. The molecule has 118 valence electrons. The fourth-order valence-electron chi connectivity index (χ4n) is 2.29. The first-order valence-electron chi connectivity index (χ1n) is 7.20. The highest BCUT2D eigenvalue weighted by molar-refractivity contribution is 7.16. The summed E-state index contributed by atoms with van der Waals surface area (Å²) in [5.41, 5.74) is 2.23. The lowest BCUT2D eigenvalue weighted by molar-refractivity contribution is 0.102. The maximum atomic E-state index is 12.6. The molecule has 0 bridgehead atoms. The number of nitrogens with zero attached hydrogens (tertiary/aromatic N) is 3. The molecule has 1 aromatic carbocycles. The van der Waals surface area contributed by atoms with Gasteiger partial charge in [0.05, 0.1) is 23.1 Å². The number of benzene rings is 1. The Hall–Kier alpha value is -2.77. The Labute approximate surface area is 146 Å². The monoisotopic (exact) mass is 352 g/mol. The van der Waals surface area contributed by atoms with E-state index in [-0.39, 0.29) is 5.91 Å². The molecule has 0 fully saturated rings. The lowest BCUT2D eigenvalue weighted by atomic mass is 10.3. The van der Waals surface area contributed by atoms with Crippen molar-refractivity contribution in [1.29, 1.82) is 0 Å².